The lowest BCUT2D eigenvalue weighted by Gasteiger charge is -2.15. The average Bonchev–Trinajstić information content (AvgIpc) is 2.05. The third kappa shape index (κ3) is 6.28. The molecule has 0 saturated heterocycles. The third-order valence-corrected chi connectivity index (χ3v) is 1.73. The number of hydrogen-bond donors (Lipinski definition) is 2. The van der Waals surface area contributed by atoms with E-state index in [1.807, 2.05) is 0 Å². The second-order valence-corrected chi connectivity index (χ2v) is 2.74. The normalized spacial score (nSPS) is 10.9. The lowest BCUT2D eigenvalue weighted by atomic mass is 10.2. The molecule has 0 saturated carbocycles. The highest BCUT2D eigenvalue weighted by Crippen LogP contribution is 1.99. The molecule has 0 rings (SSSR count). The summed E-state index contributed by atoms with van der Waals surface area (Å²) in [5.74, 6) is 0. The molecule has 0 atom stereocenters. The summed E-state index contributed by atoms with van der Waals surface area (Å²) in [7, 11) is 0. The molecule has 3 nitrogen and oxygen atoms in total. The van der Waals surface area contributed by atoms with Gasteiger partial charge in [-0.25, -0.2) is 0 Å². The van der Waals surface area contributed by atoms with Crippen molar-refractivity contribution in [3.8, 4) is 0 Å². The van der Waals surface area contributed by atoms with E-state index >= 15 is 0 Å². The van der Waals surface area contributed by atoms with Crippen LogP contribution in [0.4, 0.5) is 0 Å². The first kappa shape index (κ1) is 10.9. The fourth-order valence-corrected chi connectivity index (χ4v) is 0.948. The highest BCUT2D eigenvalue weighted by Gasteiger charge is 1.98. The second-order valence-electron chi connectivity index (χ2n) is 2.74. The summed E-state index contributed by atoms with van der Waals surface area (Å²) in [5, 5.41) is 17.3. The van der Waals surface area contributed by atoms with Gasteiger partial charge in [-0.05, 0) is 6.42 Å². The van der Waals surface area contributed by atoms with Crippen LogP contribution in [0, 0.1) is 0 Å². The molecule has 11 heavy (non-hydrogen) atoms. The van der Waals surface area contributed by atoms with Crippen LogP contribution in [0.25, 0.3) is 0 Å². The van der Waals surface area contributed by atoms with Crippen LogP contribution in [0.3, 0.4) is 0 Å². The zero-order chi connectivity index (χ0) is 8.53. The summed E-state index contributed by atoms with van der Waals surface area (Å²) in [4.78, 5) is 1.61. The summed E-state index contributed by atoms with van der Waals surface area (Å²) in [6.45, 7) is 2.88. The molecule has 0 fully saturated rings. The van der Waals surface area contributed by atoms with Crippen LogP contribution >= 0.6 is 0 Å². The van der Waals surface area contributed by atoms with E-state index in [2.05, 4.69) is 6.92 Å². The standard InChI is InChI=1S/C8H19NO2/c1-2-3-4-5-6-9(7-10)8-11/h10-11H,2-8H2,1H3. The molecule has 0 heterocycles. The molecule has 0 bridgehead atoms. The van der Waals surface area contributed by atoms with Crippen molar-refractivity contribution in [3.63, 3.8) is 0 Å². The molecule has 0 unspecified atom stereocenters. The van der Waals surface area contributed by atoms with E-state index in [1.54, 1.807) is 4.90 Å². The van der Waals surface area contributed by atoms with Crippen molar-refractivity contribution in [2.24, 2.45) is 0 Å². The maximum Gasteiger partial charge on any atom is 0.0974 e. The smallest absolute Gasteiger partial charge is 0.0974 e. The van der Waals surface area contributed by atoms with Gasteiger partial charge in [0.2, 0.25) is 0 Å². The predicted octanol–water partition coefficient (Wildman–Crippen LogP) is 0.768. The Labute approximate surface area is 68.6 Å². The number of nitrogens with zero attached hydrogens (tertiary/aromatic N) is 1. The molecule has 0 aromatic heterocycles. The predicted molar refractivity (Wildman–Crippen MR) is 45.0 cm³/mol. The van der Waals surface area contributed by atoms with Crippen LogP contribution in [-0.2, 0) is 0 Å². The van der Waals surface area contributed by atoms with E-state index in [-0.39, 0.29) is 13.5 Å². The van der Waals surface area contributed by atoms with E-state index in [4.69, 9.17) is 10.2 Å². The van der Waals surface area contributed by atoms with Crippen molar-refractivity contribution in [1.82, 2.24) is 4.90 Å². The van der Waals surface area contributed by atoms with Crippen molar-refractivity contribution >= 4 is 0 Å². The first-order chi connectivity index (χ1) is 5.35. The van der Waals surface area contributed by atoms with Gasteiger partial charge in [-0.15, -0.1) is 0 Å². The Morgan fingerprint density at radius 2 is 1.64 bits per heavy atom. The van der Waals surface area contributed by atoms with E-state index in [0.29, 0.717) is 0 Å². The summed E-state index contributed by atoms with van der Waals surface area (Å²) < 4.78 is 0. The van der Waals surface area contributed by atoms with Crippen LogP contribution in [-0.4, -0.2) is 35.1 Å². The highest BCUT2D eigenvalue weighted by molar-refractivity contribution is 4.47. The molecule has 0 aliphatic rings. The molecule has 0 radical (unpaired) electrons. The van der Waals surface area contributed by atoms with E-state index in [0.717, 1.165) is 13.0 Å². The number of rotatable bonds is 7. The molecule has 0 aromatic rings. The molecule has 0 aromatic carbocycles. The van der Waals surface area contributed by atoms with Gasteiger partial charge >= 0.3 is 0 Å². The summed E-state index contributed by atoms with van der Waals surface area (Å²) in [6, 6.07) is 0. The maximum atomic E-state index is 8.65. The highest BCUT2D eigenvalue weighted by atomic mass is 16.3. The van der Waals surface area contributed by atoms with Crippen LogP contribution < -0.4 is 0 Å². The summed E-state index contributed by atoms with van der Waals surface area (Å²) in [6.07, 6.45) is 4.71. The van der Waals surface area contributed by atoms with Gasteiger partial charge in [0.15, 0.2) is 0 Å². The minimum atomic E-state index is -0.0391. The minimum Gasteiger partial charge on any atom is -0.381 e. The molecule has 0 spiro atoms. The number of hydrogen-bond acceptors (Lipinski definition) is 3. The van der Waals surface area contributed by atoms with Crippen molar-refractivity contribution in [1.29, 1.82) is 0 Å². The van der Waals surface area contributed by atoms with Gasteiger partial charge in [0.1, 0.15) is 0 Å². The monoisotopic (exact) mass is 161 g/mol. The molecule has 0 aliphatic carbocycles. The number of aliphatic hydroxyl groups is 2. The van der Waals surface area contributed by atoms with Crippen molar-refractivity contribution in [3.05, 3.63) is 0 Å². The number of unbranched alkanes of at least 4 members (excludes halogenated alkanes) is 3. The van der Waals surface area contributed by atoms with Crippen LogP contribution in [0.1, 0.15) is 32.6 Å². The Hall–Kier alpha value is -0.120. The maximum absolute atomic E-state index is 8.65. The largest absolute Gasteiger partial charge is 0.381 e. The van der Waals surface area contributed by atoms with Gasteiger partial charge in [-0.3, -0.25) is 4.90 Å². The summed E-state index contributed by atoms with van der Waals surface area (Å²) in [5.41, 5.74) is 0. The molecule has 2 N–H and O–H groups in total. The number of aliphatic hydroxyl groups excluding tert-OH is 2. The fourth-order valence-electron chi connectivity index (χ4n) is 0.948. The topological polar surface area (TPSA) is 43.7 Å². The van der Waals surface area contributed by atoms with Crippen LogP contribution in [0.5, 0.6) is 0 Å². The minimum absolute atomic E-state index is 0.0391. The van der Waals surface area contributed by atoms with E-state index in [1.165, 1.54) is 19.3 Å². The quantitative estimate of drug-likeness (QED) is 0.428. The van der Waals surface area contributed by atoms with E-state index in [9.17, 15) is 0 Å². The van der Waals surface area contributed by atoms with Gasteiger partial charge < -0.3 is 10.2 Å². The van der Waals surface area contributed by atoms with Crippen molar-refractivity contribution in [2.45, 2.75) is 32.6 Å². The first-order valence-corrected chi connectivity index (χ1v) is 4.29. The first-order valence-electron chi connectivity index (χ1n) is 4.29. The average molecular weight is 161 g/mol. The molecular weight excluding hydrogens is 142 g/mol. The lowest BCUT2D eigenvalue weighted by molar-refractivity contribution is 0.0284. The van der Waals surface area contributed by atoms with Crippen LogP contribution in [0.15, 0.2) is 0 Å². The Morgan fingerprint density at radius 3 is 2.09 bits per heavy atom. The van der Waals surface area contributed by atoms with Gasteiger partial charge in [0.25, 0.3) is 0 Å². The zero-order valence-electron chi connectivity index (χ0n) is 7.29. The molecule has 0 aliphatic heterocycles. The summed E-state index contributed by atoms with van der Waals surface area (Å²) >= 11 is 0. The van der Waals surface area contributed by atoms with Gasteiger partial charge in [0, 0.05) is 6.54 Å². The Balaban J connectivity index is 3.07. The lowest BCUT2D eigenvalue weighted by Crippen LogP contribution is -2.26. The van der Waals surface area contributed by atoms with Crippen LogP contribution in [0.2, 0.25) is 0 Å². The molecule has 0 amide bonds. The molecule has 68 valence electrons. The zero-order valence-corrected chi connectivity index (χ0v) is 7.29. The van der Waals surface area contributed by atoms with E-state index < -0.39 is 0 Å². The van der Waals surface area contributed by atoms with Gasteiger partial charge in [0.05, 0.1) is 13.5 Å². The van der Waals surface area contributed by atoms with Crippen molar-refractivity contribution < 1.29 is 10.2 Å². The van der Waals surface area contributed by atoms with Crippen molar-refractivity contribution in [2.75, 3.05) is 20.0 Å². The van der Waals surface area contributed by atoms with Gasteiger partial charge in [-0.2, -0.15) is 0 Å². The Bertz CT molecular complexity index is 74.5. The molecular formula is C8H19NO2. The molecule has 3 heteroatoms. The SMILES string of the molecule is CCCCCCN(CO)CO. The Morgan fingerprint density at radius 1 is 1.00 bits per heavy atom. The third-order valence-electron chi connectivity index (χ3n) is 1.73. The second kappa shape index (κ2) is 7.98. The van der Waals surface area contributed by atoms with Gasteiger partial charge in [-0.1, -0.05) is 26.2 Å². The Kier molecular flexibility index (Phi) is 7.89. The fraction of sp³-hybridized carbons (Fsp3) is 1.00.